The molecule has 0 bridgehead atoms. The van der Waals surface area contributed by atoms with Gasteiger partial charge in [0.05, 0.1) is 11.5 Å². The molecule has 0 unspecified atom stereocenters. The van der Waals surface area contributed by atoms with Crippen LogP contribution in [0.2, 0.25) is 0 Å². The van der Waals surface area contributed by atoms with Gasteiger partial charge >= 0.3 is 0 Å². The van der Waals surface area contributed by atoms with Crippen LogP contribution in [0.3, 0.4) is 0 Å². The summed E-state index contributed by atoms with van der Waals surface area (Å²) in [4.78, 5) is 24.1. The molecule has 1 aliphatic rings. The fourth-order valence-electron chi connectivity index (χ4n) is 2.28. The quantitative estimate of drug-likeness (QED) is 0.477. The van der Waals surface area contributed by atoms with Crippen molar-refractivity contribution in [3.8, 4) is 0 Å². The van der Waals surface area contributed by atoms with Crippen LogP contribution in [-0.2, 0) is 0 Å². The third-order valence-electron chi connectivity index (χ3n) is 3.59. The molecule has 0 heterocycles. The molecule has 0 spiro atoms. The number of nitrogens with two attached hydrogens (primary N) is 1. The van der Waals surface area contributed by atoms with Crippen LogP contribution in [0.4, 0.5) is 11.4 Å². The Bertz CT molecular complexity index is 528. The number of rotatable bonds is 5. The van der Waals surface area contributed by atoms with Crippen molar-refractivity contribution in [1.82, 2.24) is 4.90 Å². The summed E-state index contributed by atoms with van der Waals surface area (Å²) in [6.07, 6.45) is 2.92. The molecule has 1 fully saturated rings. The Kier molecular flexibility index (Phi) is 4.19. The van der Waals surface area contributed by atoms with Crippen LogP contribution < -0.4 is 5.73 Å². The minimum absolute atomic E-state index is 0.0293. The first kappa shape index (κ1) is 14.3. The Morgan fingerprint density at radius 2 is 2.20 bits per heavy atom. The van der Waals surface area contributed by atoms with E-state index >= 15 is 0 Å². The van der Waals surface area contributed by atoms with Gasteiger partial charge in [-0.2, -0.15) is 0 Å². The molecule has 7 heteroatoms. The molecular formula is C13H17N3O4. The van der Waals surface area contributed by atoms with Gasteiger partial charge in [-0.3, -0.25) is 14.9 Å². The third kappa shape index (κ3) is 2.72. The lowest BCUT2D eigenvalue weighted by molar-refractivity contribution is -0.383. The summed E-state index contributed by atoms with van der Waals surface area (Å²) in [5, 5.41) is 19.8. The smallest absolute Gasteiger partial charge is 0.292 e. The zero-order chi connectivity index (χ0) is 14.7. The summed E-state index contributed by atoms with van der Waals surface area (Å²) in [6.45, 7) is 0.158. The fourth-order valence-corrected chi connectivity index (χ4v) is 2.28. The Labute approximate surface area is 116 Å². The topological polar surface area (TPSA) is 110 Å². The van der Waals surface area contributed by atoms with E-state index in [1.165, 1.54) is 18.2 Å². The predicted molar refractivity (Wildman–Crippen MR) is 73.3 cm³/mol. The molecule has 1 amide bonds. The van der Waals surface area contributed by atoms with Gasteiger partial charge in [-0.1, -0.05) is 0 Å². The molecule has 3 N–H and O–H groups in total. The maximum Gasteiger partial charge on any atom is 0.292 e. The second kappa shape index (κ2) is 5.87. The Hall–Kier alpha value is -2.15. The minimum atomic E-state index is -0.582. The van der Waals surface area contributed by atoms with E-state index in [1.807, 2.05) is 0 Å². The third-order valence-corrected chi connectivity index (χ3v) is 3.59. The van der Waals surface area contributed by atoms with Gasteiger partial charge in [0.2, 0.25) is 0 Å². The number of benzene rings is 1. The van der Waals surface area contributed by atoms with Crippen LogP contribution in [0.5, 0.6) is 0 Å². The number of nitrogen functional groups attached to an aromatic ring is 1. The molecule has 1 aromatic carbocycles. The lowest BCUT2D eigenvalue weighted by Crippen LogP contribution is -2.45. The number of aliphatic hydroxyl groups excluding tert-OH is 1. The second-order valence-electron chi connectivity index (χ2n) is 4.84. The van der Waals surface area contributed by atoms with Gasteiger partial charge in [0, 0.05) is 24.2 Å². The summed E-state index contributed by atoms with van der Waals surface area (Å²) in [5.41, 5.74) is 5.67. The van der Waals surface area contributed by atoms with E-state index in [-0.39, 0.29) is 36.5 Å². The van der Waals surface area contributed by atoms with Crippen LogP contribution in [0, 0.1) is 10.1 Å². The lowest BCUT2D eigenvalue weighted by Gasteiger charge is -2.37. The maximum atomic E-state index is 12.4. The van der Waals surface area contributed by atoms with Gasteiger partial charge in [-0.15, -0.1) is 0 Å². The molecule has 0 radical (unpaired) electrons. The van der Waals surface area contributed by atoms with Gasteiger partial charge in [-0.05, 0) is 31.4 Å². The molecule has 1 aliphatic carbocycles. The maximum absolute atomic E-state index is 12.4. The molecule has 0 atom stereocenters. The normalized spacial score (nSPS) is 14.7. The van der Waals surface area contributed by atoms with Crippen molar-refractivity contribution in [3.05, 3.63) is 33.9 Å². The second-order valence-corrected chi connectivity index (χ2v) is 4.84. The first-order valence-corrected chi connectivity index (χ1v) is 6.50. The molecule has 7 nitrogen and oxygen atoms in total. The van der Waals surface area contributed by atoms with E-state index < -0.39 is 4.92 Å². The number of hydrogen-bond donors (Lipinski definition) is 2. The molecule has 108 valence electrons. The number of carbonyl (C=O) groups excluding carboxylic acids is 1. The van der Waals surface area contributed by atoms with E-state index in [2.05, 4.69) is 0 Å². The molecule has 1 aromatic rings. The molecule has 2 rings (SSSR count). The number of anilines is 1. The van der Waals surface area contributed by atoms with Crippen molar-refractivity contribution in [2.45, 2.75) is 25.3 Å². The first-order valence-electron chi connectivity index (χ1n) is 6.50. The first-order chi connectivity index (χ1) is 9.54. The van der Waals surface area contributed by atoms with Crippen LogP contribution >= 0.6 is 0 Å². The number of nitro benzene ring substituents is 1. The van der Waals surface area contributed by atoms with E-state index in [1.54, 1.807) is 4.90 Å². The van der Waals surface area contributed by atoms with Crippen molar-refractivity contribution in [1.29, 1.82) is 0 Å². The zero-order valence-electron chi connectivity index (χ0n) is 11.0. The molecule has 0 aromatic heterocycles. The minimum Gasteiger partial charge on any atom is -0.395 e. The fraction of sp³-hybridized carbons (Fsp3) is 0.462. The number of amides is 1. The van der Waals surface area contributed by atoms with Crippen LogP contribution in [0.15, 0.2) is 18.2 Å². The summed E-state index contributed by atoms with van der Waals surface area (Å²) >= 11 is 0. The number of aliphatic hydroxyl groups is 1. The molecule has 0 saturated heterocycles. The summed E-state index contributed by atoms with van der Waals surface area (Å²) in [5.74, 6) is -0.245. The Morgan fingerprint density at radius 3 is 2.65 bits per heavy atom. The number of hydrogen-bond acceptors (Lipinski definition) is 5. The average molecular weight is 279 g/mol. The highest BCUT2D eigenvalue weighted by Crippen LogP contribution is 2.28. The Balaban J connectivity index is 2.22. The molecular weight excluding hydrogens is 262 g/mol. The molecule has 0 aliphatic heterocycles. The summed E-state index contributed by atoms with van der Waals surface area (Å²) in [6, 6.07) is 4.11. The number of nitrogens with zero attached hydrogens (tertiary/aromatic N) is 2. The SMILES string of the molecule is Nc1cc(C(=O)N(CCO)C2CCC2)ccc1[N+](=O)[O-]. The largest absolute Gasteiger partial charge is 0.395 e. The summed E-state index contributed by atoms with van der Waals surface area (Å²) in [7, 11) is 0. The van der Waals surface area contributed by atoms with E-state index in [0.717, 1.165) is 19.3 Å². The lowest BCUT2D eigenvalue weighted by atomic mass is 9.91. The van der Waals surface area contributed by atoms with Crippen molar-refractivity contribution >= 4 is 17.3 Å². The standard InChI is InChI=1S/C13H17N3O4/c14-11-8-9(4-5-12(11)16(19)20)13(18)15(6-7-17)10-2-1-3-10/h4-5,8,10,17H,1-3,6-7,14H2. The van der Waals surface area contributed by atoms with Crippen LogP contribution in [-0.4, -0.2) is 40.0 Å². The molecule has 1 saturated carbocycles. The van der Waals surface area contributed by atoms with Gasteiger partial charge in [0.15, 0.2) is 0 Å². The van der Waals surface area contributed by atoms with E-state index in [4.69, 9.17) is 10.8 Å². The number of carbonyl (C=O) groups is 1. The molecule has 20 heavy (non-hydrogen) atoms. The predicted octanol–water partition coefficient (Wildman–Crippen LogP) is 1.16. The zero-order valence-corrected chi connectivity index (χ0v) is 11.0. The van der Waals surface area contributed by atoms with Crippen molar-refractivity contribution in [2.75, 3.05) is 18.9 Å². The van der Waals surface area contributed by atoms with E-state index in [0.29, 0.717) is 5.56 Å². The van der Waals surface area contributed by atoms with Gasteiger partial charge in [-0.25, -0.2) is 0 Å². The highest BCUT2D eigenvalue weighted by Gasteiger charge is 2.29. The van der Waals surface area contributed by atoms with E-state index in [9.17, 15) is 14.9 Å². The van der Waals surface area contributed by atoms with Crippen molar-refractivity contribution in [2.24, 2.45) is 0 Å². The highest BCUT2D eigenvalue weighted by atomic mass is 16.6. The van der Waals surface area contributed by atoms with Gasteiger partial charge < -0.3 is 15.7 Å². The van der Waals surface area contributed by atoms with Crippen molar-refractivity contribution in [3.63, 3.8) is 0 Å². The number of nitro groups is 1. The van der Waals surface area contributed by atoms with Crippen LogP contribution in [0.1, 0.15) is 29.6 Å². The van der Waals surface area contributed by atoms with Crippen molar-refractivity contribution < 1.29 is 14.8 Å². The van der Waals surface area contributed by atoms with Gasteiger partial charge in [0.1, 0.15) is 5.69 Å². The summed E-state index contributed by atoms with van der Waals surface area (Å²) < 4.78 is 0. The van der Waals surface area contributed by atoms with Gasteiger partial charge in [0.25, 0.3) is 11.6 Å². The highest BCUT2D eigenvalue weighted by molar-refractivity contribution is 5.96. The monoisotopic (exact) mass is 279 g/mol. The average Bonchev–Trinajstić information content (AvgIpc) is 2.34. The van der Waals surface area contributed by atoms with Crippen LogP contribution in [0.25, 0.3) is 0 Å². The Morgan fingerprint density at radius 1 is 1.50 bits per heavy atom.